The van der Waals surface area contributed by atoms with Crippen molar-refractivity contribution in [2.45, 2.75) is 31.0 Å². The maximum atomic E-state index is 11.5. The monoisotopic (exact) mass is 359 g/mol. The Morgan fingerprint density at radius 1 is 0.852 bits per heavy atom. The Kier molecular flexibility index (Phi) is 4.60. The van der Waals surface area contributed by atoms with Crippen LogP contribution in [-0.4, -0.2) is 16.9 Å². The SMILES string of the molecule is CC(C)(c1ccccc1)N(O)[C@@H](c1ccccc1)[C@@]1(c2ccccc2)CO1. The van der Waals surface area contributed by atoms with Crippen LogP contribution in [0.5, 0.6) is 0 Å². The number of hydrogen-bond donors (Lipinski definition) is 1. The number of epoxide rings is 1. The minimum atomic E-state index is -0.588. The first-order chi connectivity index (χ1) is 13.1. The van der Waals surface area contributed by atoms with Gasteiger partial charge in [-0.05, 0) is 30.5 Å². The zero-order chi connectivity index (χ0) is 18.9. The van der Waals surface area contributed by atoms with Gasteiger partial charge >= 0.3 is 0 Å². The maximum absolute atomic E-state index is 11.5. The Hall–Kier alpha value is -2.46. The lowest BCUT2D eigenvalue weighted by molar-refractivity contribution is -0.215. The van der Waals surface area contributed by atoms with Crippen LogP contribution in [0, 0.1) is 0 Å². The predicted octanol–water partition coefficient (Wildman–Crippen LogP) is 5.28. The molecule has 0 aromatic heterocycles. The molecular formula is C24H25NO2. The smallest absolute Gasteiger partial charge is 0.138 e. The number of nitrogens with zero attached hydrogens (tertiary/aromatic N) is 1. The molecule has 1 heterocycles. The van der Waals surface area contributed by atoms with E-state index in [-0.39, 0.29) is 6.04 Å². The molecule has 0 saturated carbocycles. The van der Waals surface area contributed by atoms with Crippen molar-refractivity contribution >= 4 is 0 Å². The van der Waals surface area contributed by atoms with E-state index in [1.54, 1.807) is 0 Å². The lowest BCUT2D eigenvalue weighted by Gasteiger charge is -2.42. The van der Waals surface area contributed by atoms with Crippen LogP contribution in [0.2, 0.25) is 0 Å². The Morgan fingerprint density at radius 2 is 1.33 bits per heavy atom. The summed E-state index contributed by atoms with van der Waals surface area (Å²) < 4.78 is 6.05. The van der Waals surface area contributed by atoms with Gasteiger partial charge in [-0.15, -0.1) is 0 Å². The third-order valence-electron chi connectivity index (χ3n) is 5.57. The molecule has 3 aromatic rings. The van der Waals surface area contributed by atoms with E-state index in [2.05, 4.69) is 24.3 Å². The van der Waals surface area contributed by atoms with Crippen molar-refractivity contribution in [3.05, 3.63) is 108 Å². The topological polar surface area (TPSA) is 36.0 Å². The first kappa shape index (κ1) is 17.9. The number of rotatable bonds is 6. The Bertz CT molecular complexity index is 874. The molecule has 3 heteroatoms. The Morgan fingerprint density at radius 3 is 1.85 bits per heavy atom. The fourth-order valence-electron chi connectivity index (χ4n) is 3.82. The van der Waals surface area contributed by atoms with E-state index >= 15 is 0 Å². The summed E-state index contributed by atoms with van der Waals surface area (Å²) in [4.78, 5) is 0. The van der Waals surface area contributed by atoms with Crippen LogP contribution in [0.1, 0.15) is 36.6 Å². The average molecular weight is 359 g/mol. The summed E-state index contributed by atoms with van der Waals surface area (Å²) in [5.41, 5.74) is 2.03. The summed E-state index contributed by atoms with van der Waals surface area (Å²) in [6.45, 7) is 4.66. The van der Waals surface area contributed by atoms with Crippen LogP contribution < -0.4 is 0 Å². The van der Waals surface area contributed by atoms with Crippen molar-refractivity contribution in [1.82, 2.24) is 5.06 Å². The molecule has 0 amide bonds. The van der Waals surface area contributed by atoms with Crippen LogP contribution in [-0.2, 0) is 15.9 Å². The Labute approximate surface area is 160 Å². The number of ether oxygens (including phenoxy) is 1. The van der Waals surface area contributed by atoms with Crippen LogP contribution >= 0.6 is 0 Å². The highest BCUT2D eigenvalue weighted by molar-refractivity contribution is 5.35. The first-order valence-electron chi connectivity index (χ1n) is 9.34. The zero-order valence-electron chi connectivity index (χ0n) is 15.7. The van der Waals surface area contributed by atoms with Crippen LogP contribution in [0.4, 0.5) is 0 Å². The predicted molar refractivity (Wildman–Crippen MR) is 106 cm³/mol. The summed E-state index contributed by atoms with van der Waals surface area (Å²) in [6.07, 6.45) is 0. The third-order valence-corrected chi connectivity index (χ3v) is 5.57. The van der Waals surface area contributed by atoms with Gasteiger partial charge in [-0.3, -0.25) is 0 Å². The molecule has 0 spiro atoms. The molecule has 0 aliphatic carbocycles. The second-order valence-corrected chi connectivity index (χ2v) is 7.63. The van der Waals surface area contributed by atoms with E-state index in [1.807, 2.05) is 80.6 Å². The molecule has 1 aliphatic rings. The van der Waals surface area contributed by atoms with Gasteiger partial charge in [-0.2, -0.15) is 5.06 Å². The molecule has 1 saturated heterocycles. The quantitative estimate of drug-likeness (QED) is 0.480. The van der Waals surface area contributed by atoms with Crippen molar-refractivity contribution in [3.63, 3.8) is 0 Å². The summed E-state index contributed by atoms with van der Waals surface area (Å²) in [5.74, 6) is 0. The minimum absolute atomic E-state index is 0.323. The van der Waals surface area contributed by atoms with E-state index in [9.17, 15) is 5.21 Å². The van der Waals surface area contributed by atoms with Crippen LogP contribution in [0.3, 0.4) is 0 Å². The number of hydrogen-bond acceptors (Lipinski definition) is 3. The van der Waals surface area contributed by atoms with Gasteiger partial charge in [-0.25, -0.2) is 0 Å². The minimum Gasteiger partial charge on any atom is -0.362 e. The van der Waals surface area contributed by atoms with Crippen molar-refractivity contribution in [3.8, 4) is 0 Å². The fourth-order valence-corrected chi connectivity index (χ4v) is 3.82. The fraction of sp³-hybridized carbons (Fsp3) is 0.250. The number of benzene rings is 3. The Balaban J connectivity index is 1.80. The maximum Gasteiger partial charge on any atom is 0.138 e. The lowest BCUT2D eigenvalue weighted by Crippen LogP contribution is -2.46. The molecule has 3 aromatic carbocycles. The molecule has 1 aliphatic heterocycles. The summed E-state index contributed by atoms with van der Waals surface area (Å²) in [7, 11) is 0. The highest BCUT2D eigenvalue weighted by Gasteiger charge is 2.58. The van der Waals surface area contributed by atoms with E-state index in [0.29, 0.717) is 6.61 Å². The highest BCUT2D eigenvalue weighted by atomic mass is 16.6. The van der Waals surface area contributed by atoms with Crippen molar-refractivity contribution < 1.29 is 9.94 Å². The molecule has 0 unspecified atom stereocenters. The van der Waals surface area contributed by atoms with Crippen molar-refractivity contribution in [1.29, 1.82) is 0 Å². The van der Waals surface area contributed by atoms with Crippen molar-refractivity contribution in [2.24, 2.45) is 0 Å². The first-order valence-corrected chi connectivity index (χ1v) is 9.34. The molecule has 0 radical (unpaired) electrons. The molecule has 0 bridgehead atoms. The average Bonchev–Trinajstić information content (AvgIpc) is 3.52. The van der Waals surface area contributed by atoms with Gasteiger partial charge in [0.2, 0.25) is 0 Å². The molecule has 3 nitrogen and oxygen atoms in total. The van der Waals surface area contributed by atoms with Gasteiger partial charge in [-0.1, -0.05) is 91.0 Å². The van der Waals surface area contributed by atoms with Gasteiger partial charge < -0.3 is 9.94 Å². The normalized spacial score (nSPS) is 20.4. The van der Waals surface area contributed by atoms with Crippen LogP contribution in [0.25, 0.3) is 0 Å². The van der Waals surface area contributed by atoms with Gasteiger partial charge in [0.15, 0.2) is 0 Å². The molecule has 27 heavy (non-hydrogen) atoms. The highest BCUT2D eigenvalue weighted by Crippen LogP contribution is 2.53. The molecule has 138 valence electrons. The molecule has 1 N–H and O–H groups in total. The molecule has 4 rings (SSSR count). The standard InChI is InChI=1S/C24H25NO2/c1-23(2,20-14-8-4-9-15-20)25(26)22(19-12-6-3-7-13-19)24(18-27-24)21-16-10-5-11-17-21/h3-17,22,26H,18H2,1-2H3/t22-,24-/m0/s1. The molecular weight excluding hydrogens is 334 g/mol. The second-order valence-electron chi connectivity index (χ2n) is 7.63. The van der Waals surface area contributed by atoms with Gasteiger partial charge in [0.05, 0.1) is 18.2 Å². The largest absolute Gasteiger partial charge is 0.362 e. The zero-order valence-corrected chi connectivity index (χ0v) is 15.7. The number of hydroxylamine groups is 2. The van der Waals surface area contributed by atoms with E-state index in [0.717, 1.165) is 16.7 Å². The van der Waals surface area contributed by atoms with Gasteiger partial charge in [0.1, 0.15) is 5.60 Å². The van der Waals surface area contributed by atoms with E-state index in [4.69, 9.17) is 4.74 Å². The van der Waals surface area contributed by atoms with Gasteiger partial charge in [0, 0.05) is 0 Å². The molecule has 2 atom stereocenters. The van der Waals surface area contributed by atoms with E-state index in [1.165, 1.54) is 5.06 Å². The third kappa shape index (κ3) is 3.19. The summed E-state index contributed by atoms with van der Waals surface area (Å²) in [6, 6.07) is 30.1. The van der Waals surface area contributed by atoms with Crippen molar-refractivity contribution in [2.75, 3.05) is 6.61 Å². The van der Waals surface area contributed by atoms with Crippen LogP contribution in [0.15, 0.2) is 91.0 Å². The summed E-state index contributed by atoms with van der Waals surface area (Å²) >= 11 is 0. The lowest BCUT2D eigenvalue weighted by atomic mass is 9.83. The second kappa shape index (κ2) is 6.93. The van der Waals surface area contributed by atoms with Gasteiger partial charge in [0.25, 0.3) is 0 Å². The summed E-state index contributed by atoms with van der Waals surface area (Å²) in [5, 5.41) is 13.0. The van der Waals surface area contributed by atoms with E-state index < -0.39 is 11.1 Å². The molecule has 1 fully saturated rings.